The third kappa shape index (κ3) is 5.57. The summed E-state index contributed by atoms with van der Waals surface area (Å²) in [6, 6.07) is 14.1. The predicted octanol–water partition coefficient (Wildman–Crippen LogP) is 2.53. The normalized spacial score (nSPS) is 16.5. The lowest BCUT2D eigenvalue weighted by molar-refractivity contribution is 0.280. The maximum atomic E-state index is 9.53. The third-order valence-corrected chi connectivity index (χ3v) is 5.27. The smallest absolute Gasteiger partial charge is 0.191 e. The van der Waals surface area contributed by atoms with Crippen molar-refractivity contribution in [2.45, 2.75) is 32.5 Å². The highest BCUT2D eigenvalue weighted by Crippen LogP contribution is 2.30. The maximum absolute atomic E-state index is 9.53. The number of ether oxygens (including phenoxy) is 2. The molecule has 0 spiro atoms. The van der Waals surface area contributed by atoms with E-state index in [2.05, 4.69) is 22.5 Å². The molecule has 30 heavy (non-hydrogen) atoms. The van der Waals surface area contributed by atoms with Crippen molar-refractivity contribution in [3.63, 3.8) is 0 Å². The SMILES string of the molecule is CCNC(=NCc1ccccc1CO)NC1CCN(c2cc(OC)cc(OC)c2)C1. The average Bonchev–Trinajstić information content (AvgIpc) is 3.26. The molecule has 1 aliphatic heterocycles. The van der Waals surface area contributed by atoms with Crippen LogP contribution in [0.15, 0.2) is 47.5 Å². The predicted molar refractivity (Wildman–Crippen MR) is 120 cm³/mol. The summed E-state index contributed by atoms with van der Waals surface area (Å²) in [6.45, 7) is 5.21. The number of guanidine groups is 1. The van der Waals surface area contributed by atoms with E-state index in [0.717, 1.165) is 60.3 Å². The van der Waals surface area contributed by atoms with Crippen LogP contribution in [0.3, 0.4) is 0 Å². The molecule has 1 saturated heterocycles. The molecule has 0 radical (unpaired) electrons. The summed E-state index contributed by atoms with van der Waals surface area (Å²) in [7, 11) is 3.34. The Hall–Kier alpha value is -2.93. The number of benzene rings is 2. The van der Waals surface area contributed by atoms with E-state index in [1.807, 2.05) is 42.5 Å². The number of aliphatic hydroxyl groups excluding tert-OH is 1. The van der Waals surface area contributed by atoms with Crippen LogP contribution in [0.25, 0.3) is 0 Å². The average molecular weight is 413 g/mol. The van der Waals surface area contributed by atoms with Crippen molar-refractivity contribution in [3.05, 3.63) is 53.6 Å². The lowest BCUT2D eigenvalue weighted by Crippen LogP contribution is -2.44. The number of nitrogens with one attached hydrogen (secondary N) is 2. The quantitative estimate of drug-likeness (QED) is 0.457. The summed E-state index contributed by atoms with van der Waals surface area (Å²) in [5, 5.41) is 16.4. The van der Waals surface area contributed by atoms with Crippen molar-refractivity contribution in [2.24, 2.45) is 4.99 Å². The van der Waals surface area contributed by atoms with E-state index >= 15 is 0 Å². The number of hydrogen-bond acceptors (Lipinski definition) is 5. The molecule has 1 heterocycles. The highest BCUT2D eigenvalue weighted by molar-refractivity contribution is 5.80. The van der Waals surface area contributed by atoms with E-state index in [1.165, 1.54) is 0 Å². The van der Waals surface area contributed by atoms with E-state index < -0.39 is 0 Å². The van der Waals surface area contributed by atoms with Crippen molar-refractivity contribution in [2.75, 3.05) is 38.8 Å². The van der Waals surface area contributed by atoms with Crippen LogP contribution in [0.1, 0.15) is 24.5 Å². The Morgan fingerprint density at radius 1 is 1.13 bits per heavy atom. The lowest BCUT2D eigenvalue weighted by atomic mass is 10.1. The largest absolute Gasteiger partial charge is 0.497 e. The van der Waals surface area contributed by atoms with E-state index in [1.54, 1.807) is 14.2 Å². The molecule has 1 aliphatic rings. The number of hydrogen-bond donors (Lipinski definition) is 3. The lowest BCUT2D eigenvalue weighted by Gasteiger charge is -2.21. The van der Waals surface area contributed by atoms with Gasteiger partial charge < -0.3 is 30.1 Å². The molecule has 3 rings (SSSR count). The van der Waals surface area contributed by atoms with Crippen LogP contribution in [0.4, 0.5) is 5.69 Å². The number of anilines is 1. The summed E-state index contributed by atoms with van der Waals surface area (Å²) >= 11 is 0. The van der Waals surface area contributed by atoms with E-state index in [0.29, 0.717) is 6.54 Å². The minimum Gasteiger partial charge on any atom is -0.497 e. The van der Waals surface area contributed by atoms with E-state index in [4.69, 9.17) is 14.5 Å². The van der Waals surface area contributed by atoms with Crippen molar-refractivity contribution in [1.29, 1.82) is 0 Å². The molecule has 0 bridgehead atoms. The van der Waals surface area contributed by atoms with Gasteiger partial charge in [-0.3, -0.25) is 0 Å². The Balaban J connectivity index is 1.66. The second-order valence-electron chi connectivity index (χ2n) is 7.27. The molecule has 7 nitrogen and oxygen atoms in total. The zero-order valence-corrected chi connectivity index (χ0v) is 18.0. The number of methoxy groups -OCH3 is 2. The van der Waals surface area contributed by atoms with Crippen LogP contribution >= 0.6 is 0 Å². The molecule has 162 valence electrons. The van der Waals surface area contributed by atoms with Gasteiger partial charge in [-0.15, -0.1) is 0 Å². The van der Waals surface area contributed by atoms with Gasteiger partial charge in [-0.05, 0) is 24.5 Å². The molecule has 1 atom stereocenters. The molecular formula is C23H32N4O3. The summed E-state index contributed by atoms with van der Waals surface area (Å²) in [6.07, 6.45) is 1.01. The first kappa shape index (κ1) is 21.8. The third-order valence-electron chi connectivity index (χ3n) is 5.27. The molecule has 2 aromatic rings. The standard InChI is InChI=1S/C23H32N4O3/c1-4-24-23(25-14-17-7-5-6-8-18(17)16-28)26-19-9-10-27(15-19)20-11-21(29-2)13-22(12-20)30-3/h5-8,11-13,19,28H,4,9-10,14-16H2,1-3H3,(H2,24,25,26). The number of nitrogens with zero attached hydrogens (tertiary/aromatic N) is 2. The molecule has 0 aliphatic carbocycles. The van der Waals surface area contributed by atoms with Gasteiger partial charge in [0.2, 0.25) is 0 Å². The van der Waals surface area contributed by atoms with Crippen LogP contribution in [0, 0.1) is 0 Å². The first-order chi connectivity index (χ1) is 14.7. The second kappa shape index (κ2) is 10.7. The molecular weight excluding hydrogens is 380 g/mol. The van der Waals surface area contributed by atoms with Gasteiger partial charge >= 0.3 is 0 Å². The highest BCUT2D eigenvalue weighted by Gasteiger charge is 2.24. The number of aliphatic imine (C=N–C) groups is 1. The topological polar surface area (TPSA) is 78.4 Å². The molecule has 2 aromatic carbocycles. The van der Waals surface area contributed by atoms with Gasteiger partial charge in [-0.25, -0.2) is 4.99 Å². The molecule has 3 N–H and O–H groups in total. The van der Waals surface area contributed by atoms with Crippen LogP contribution < -0.4 is 25.0 Å². The monoisotopic (exact) mass is 412 g/mol. The van der Waals surface area contributed by atoms with Crippen LogP contribution in [-0.4, -0.2) is 51.0 Å². The molecule has 0 aromatic heterocycles. The van der Waals surface area contributed by atoms with Crippen molar-refractivity contribution < 1.29 is 14.6 Å². The van der Waals surface area contributed by atoms with Crippen LogP contribution in [0.2, 0.25) is 0 Å². The van der Waals surface area contributed by atoms with Crippen LogP contribution in [0.5, 0.6) is 11.5 Å². The van der Waals surface area contributed by atoms with Gasteiger partial charge in [-0.2, -0.15) is 0 Å². The van der Waals surface area contributed by atoms with E-state index in [9.17, 15) is 5.11 Å². The van der Waals surface area contributed by atoms with Gasteiger partial charge in [-0.1, -0.05) is 24.3 Å². The fraction of sp³-hybridized carbons (Fsp3) is 0.435. The van der Waals surface area contributed by atoms with Crippen molar-refractivity contribution in [3.8, 4) is 11.5 Å². The van der Waals surface area contributed by atoms with E-state index in [-0.39, 0.29) is 12.6 Å². The van der Waals surface area contributed by atoms with Gasteiger partial charge in [0, 0.05) is 49.6 Å². The zero-order chi connectivity index (χ0) is 21.3. The Morgan fingerprint density at radius 3 is 2.47 bits per heavy atom. The van der Waals surface area contributed by atoms with Crippen molar-refractivity contribution >= 4 is 11.6 Å². The fourth-order valence-corrected chi connectivity index (χ4v) is 3.63. The maximum Gasteiger partial charge on any atom is 0.191 e. The van der Waals surface area contributed by atoms with Crippen molar-refractivity contribution in [1.82, 2.24) is 10.6 Å². The summed E-state index contributed by atoms with van der Waals surface area (Å²) in [4.78, 5) is 7.06. The first-order valence-corrected chi connectivity index (χ1v) is 10.4. The van der Waals surface area contributed by atoms with Gasteiger partial charge in [0.15, 0.2) is 5.96 Å². The molecule has 1 unspecified atom stereocenters. The van der Waals surface area contributed by atoms with Crippen LogP contribution in [-0.2, 0) is 13.2 Å². The summed E-state index contributed by atoms with van der Waals surface area (Å²) in [5.74, 6) is 2.37. The highest BCUT2D eigenvalue weighted by atomic mass is 16.5. The van der Waals surface area contributed by atoms with Gasteiger partial charge in [0.1, 0.15) is 11.5 Å². The number of rotatable bonds is 8. The Labute approximate surface area is 178 Å². The minimum absolute atomic E-state index is 0.0250. The summed E-state index contributed by atoms with van der Waals surface area (Å²) < 4.78 is 10.8. The summed E-state index contributed by atoms with van der Waals surface area (Å²) in [5.41, 5.74) is 3.04. The molecule has 1 fully saturated rings. The fourth-order valence-electron chi connectivity index (χ4n) is 3.63. The number of aliphatic hydroxyl groups is 1. The molecule has 7 heteroatoms. The Morgan fingerprint density at radius 2 is 1.83 bits per heavy atom. The molecule has 0 saturated carbocycles. The Bertz CT molecular complexity index is 834. The minimum atomic E-state index is 0.0250. The van der Waals surface area contributed by atoms with Gasteiger partial charge in [0.25, 0.3) is 0 Å². The Kier molecular flexibility index (Phi) is 7.79. The zero-order valence-electron chi connectivity index (χ0n) is 18.0. The second-order valence-corrected chi connectivity index (χ2v) is 7.27. The first-order valence-electron chi connectivity index (χ1n) is 10.4. The van der Waals surface area contributed by atoms with Gasteiger partial charge in [0.05, 0.1) is 27.4 Å². The molecule has 0 amide bonds.